The first kappa shape index (κ1) is 10.3. The second kappa shape index (κ2) is 3.89. The molecule has 86 valence electrons. The molecule has 1 aromatic carbocycles. The maximum absolute atomic E-state index is 2.67. The number of fused-ring (bicyclic) bond motifs is 1. The highest BCUT2D eigenvalue weighted by Gasteiger charge is 2.39. The van der Waals surface area contributed by atoms with Crippen molar-refractivity contribution < 1.29 is 0 Å². The zero-order chi connectivity index (χ0) is 11.0. The van der Waals surface area contributed by atoms with Gasteiger partial charge in [-0.15, -0.1) is 0 Å². The summed E-state index contributed by atoms with van der Waals surface area (Å²) in [6.45, 7) is 6.34. The molecule has 0 radical (unpaired) electrons. The minimum absolute atomic E-state index is 0.438. The Balaban J connectivity index is 1.72. The van der Waals surface area contributed by atoms with Crippen molar-refractivity contribution >= 4 is 0 Å². The lowest BCUT2D eigenvalue weighted by atomic mass is 9.65. The van der Waals surface area contributed by atoms with E-state index in [1.807, 2.05) is 0 Å². The topological polar surface area (TPSA) is 3.24 Å². The van der Waals surface area contributed by atoms with Gasteiger partial charge in [0.1, 0.15) is 0 Å². The maximum Gasteiger partial charge on any atom is 0.00951 e. The Morgan fingerprint density at radius 1 is 1.12 bits per heavy atom. The first-order valence-corrected chi connectivity index (χ1v) is 6.59. The van der Waals surface area contributed by atoms with Crippen molar-refractivity contribution in [2.75, 3.05) is 19.6 Å². The van der Waals surface area contributed by atoms with Gasteiger partial charge in [-0.2, -0.15) is 0 Å². The third kappa shape index (κ3) is 1.67. The first-order chi connectivity index (χ1) is 7.78. The number of nitrogens with zero attached hydrogens (tertiary/aromatic N) is 1. The molecule has 1 unspecified atom stereocenters. The molecule has 1 aliphatic carbocycles. The van der Waals surface area contributed by atoms with E-state index in [9.17, 15) is 0 Å². The lowest BCUT2D eigenvalue weighted by molar-refractivity contribution is 0.171. The fraction of sp³-hybridized carbons (Fsp3) is 0.600. The van der Waals surface area contributed by atoms with Gasteiger partial charge >= 0.3 is 0 Å². The van der Waals surface area contributed by atoms with Gasteiger partial charge in [-0.3, -0.25) is 0 Å². The average molecular weight is 215 g/mol. The number of hydrogen-bond donors (Lipinski definition) is 0. The summed E-state index contributed by atoms with van der Waals surface area (Å²) in [5.74, 6) is 0. The van der Waals surface area contributed by atoms with Gasteiger partial charge in [0.05, 0.1) is 0 Å². The highest BCUT2D eigenvalue weighted by molar-refractivity contribution is 5.44. The number of piperidine rings is 1. The van der Waals surface area contributed by atoms with Gasteiger partial charge in [0.25, 0.3) is 0 Å². The minimum Gasteiger partial charge on any atom is -0.302 e. The Morgan fingerprint density at radius 2 is 1.88 bits per heavy atom. The van der Waals surface area contributed by atoms with Crippen LogP contribution in [0, 0.1) is 0 Å². The highest BCUT2D eigenvalue weighted by Crippen LogP contribution is 2.41. The summed E-state index contributed by atoms with van der Waals surface area (Å²) in [4.78, 5) is 2.67. The largest absolute Gasteiger partial charge is 0.302 e. The van der Waals surface area contributed by atoms with Crippen LogP contribution in [0.15, 0.2) is 24.3 Å². The third-order valence-electron chi connectivity index (χ3n) is 4.27. The maximum atomic E-state index is 2.67. The zero-order valence-electron chi connectivity index (χ0n) is 10.2. The van der Waals surface area contributed by atoms with Gasteiger partial charge < -0.3 is 4.90 Å². The van der Waals surface area contributed by atoms with Gasteiger partial charge in [0.2, 0.25) is 0 Å². The first-order valence-electron chi connectivity index (χ1n) is 6.59. The molecule has 1 fully saturated rings. The van der Waals surface area contributed by atoms with E-state index in [0.717, 1.165) is 0 Å². The molecule has 0 amide bonds. The molecule has 0 saturated carbocycles. The normalized spacial score (nSPS) is 29.6. The molecule has 1 atom stereocenters. The van der Waals surface area contributed by atoms with Crippen LogP contribution in [-0.2, 0) is 11.8 Å². The molecule has 0 N–H and O–H groups in total. The summed E-state index contributed by atoms with van der Waals surface area (Å²) in [5.41, 5.74) is 3.61. The summed E-state index contributed by atoms with van der Waals surface area (Å²) in [6.07, 6.45) is 5.51. The van der Waals surface area contributed by atoms with Crippen molar-refractivity contribution in [2.24, 2.45) is 0 Å². The van der Waals surface area contributed by atoms with Crippen molar-refractivity contribution in [2.45, 2.75) is 38.0 Å². The second-order valence-electron chi connectivity index (χ2n) is 5.73. The van der Waals surface area contributed by atoms with E-state index < -0.39 is 0 Å². The van der Waals surface area contributed by atoms with Gasteiger partial charge in [-0.25, -0.2) is 0 Å². The SMILES string of the molecule is CC1(CN2CCCCC2)Cc2ccccc21. The predicted octanol–water partition coefficient (Wildman–Crippen LogP) is 2.99. The van der Waals surface area contributed by atoms with Crippen LogP contribution in [0.25, 0.3) is 0 Å². The molecule has 1 saturated heterocycles. The molecule has 3 rings (SSSR count). The van der Waals surface area contributed by atoms with Crippen LogP contribution in [0.2, 0.25) is 0 Å². The Morgan fingerprint density at radius 3 is 2.62 bits per heavy atom. The van der Waals surface area contributed by atoms with Gasteiger partial charge in [0, 0.05) is 12.0 Å². The van der Waals surface area contributed by atoms with Crippen LogP contribution in [-0.4, -0.2) is 24.5 Å². The van der Waals surface area contributed by atoms with Gasteiger partial charge in [-0.1, -0.05) is 37.6 Å². The van der Waals surface area contributed by atoms with Crippen LogP contribution in [0.5, 0.6) is 0 Å². The van der Waals surface area contributed by atoms with Crippen LogP contribution in [0.4, 0.5) is 0 Å². The van der Waals surface area contributed by atoms with Crippen LogP contribution >= 0.6 is 0 Å². The van der Waals surface area contributed by atoms with E-state index in [-0.39, 0.29) is 0 Å². The lowest BCUT2D eigenvalue weighted by Gasteiger charge is -2.45. The van der Waals surface area contributed by atoms with Crippen molar-refractivity contribution in [1.82, 2.24) is 4.90 Å². The molecule has 16 heavy (non-hydrogen) atoms. The highest BCUT2D eigenvalue weighted by atomic mass is 15.1. The van der Waals surface area contributed by atoms with E-state index in [1.165, 1.54) is 45.3 Å². The quantitative estimate of drug-likeness (QED) is 0.733. The number of hydrogen-bond acceptors (Lipinski definition) is 1. The zero-order valence-corrected chi connectivity index (χ0v) is 10.2. The van der Waals surface area contributed by atoms with E-state index in [2.05, 4.69) is 36.1 Å². The Bertz CT molecular complexity index is 379. The molecule has 1 aliphatic heterocycles. The van der Waals surface area contributed by atoms with E-state index in [4.69, 9.17) is 0 Å². The van der Waals surface area contributed by atoms with Gasteiger partial charge in [-0.05, 0) is 43.5 Å². The fourth-order valence-corrected chi connectivity index (χ4v) is 3.42. The molecule has 0 bridgehead atoms. The number of benzene rings is 1. The Kier molecular flexibility index (Phi) is 2.51. The van der Waals surface area contributed by atoms with Crippen LogP contribution < -0.4 is 0 Å². The number of likely N-dealkylation sites (tertiary alicyclic amines) is 1. The summed E-state index contributed by atoms with van der Waals surface area (Å²) in [7, 11) is 0. The van der Waals surface area contributed by atoms with Crippen molar-refractivity contribution in [3.63, 3.8) is 0 Å². The van der Waals surface area contributed by atoms with Crippen molar-refractivity contribution in [1.29, 1.82) is 0 Å². The molecule has 1 heteroatoms. The average Bonchev–Trinajstić information content (AvgIpc) is 2.29. The molecular formula is C15H21N. The number of rotatable bonds is 2. The summed E-state index contributed by atoms with van der Waals surface area (Å²) in [6, 6.07) is 8.96. The second-order valence-corrected chi connectivity index (χ2v) is 5.73. The smallest absolute Gasteiger partial charge is 0.00951 e. The van der Waals surface area contributed by atoms with E-state index in [0.29, 0.717) is 5.41 Å². The fourth-order valence-electron chi connectivity index (χ4n) is 3.42. The van der Waals surface area contributed by atoms with Crippen LogP contribution in [0.1, 0.15) is 37.3 Å². The monoisotopic (exact) mass is 215 g/mol. The lowest BCUT2D eigenvalue weighted by Crippen LogP contribution is -2.47. The molecule has 2 aliphatic rings. The van der Waals surface area contributed by atoms with Crippen LogP contribution in [0.3, 0.4) is 0 Å². The van der Waals surface area contributed by atoms with Gasteiger partial charge in [0.15, 0.2) is 0 Å². The van der Waals surface area contributed by atoms with E-state index in [1.54, 1.807) is 11.1 Å². The minimum atomic E-state index is 0.438. The molecular weight excluding hydrogens is 194 g/mol. The summed E-state index contributed by atoms with van der Waals surface area (Å²) < 4.78 is 0. The Labute approximate surface area is 98.5 Å². The predicted molar refractivity (Wildman–Crippen MR) is 67.8 cm³/mol. The molecule has 1 aromatic rings. The molecule has 0 spiro atoms. The Hall–Kier alpha value is -0.820. The summed E-state index contributed by atoms with van der Waals surface area (Å²) >= 11 is 0. The molecule has 1 nitrogen and oxygen atoms in total. The van der Waals surface area contributed by atoms with Crippen molar-refractivity contribution in [3.8, 4) is 0 Å². The molecule has 0 aromatic heterocycles. The van der Waals surface area contributed by atoms with Crippen molar-refractivity contribution in [3.05, 3.63) is 35.4 Å². The summed E-state index contributed by atoms with van der Waals surface area (Å²) in [5, 5.41) is 0. The third-order valence-corrected chi connectivity index (χ3v) is 4.27. The van der Waals surface area contributed by atoms with E-state index >= 15 is 0 Å². The molecule has 1 heterocycles. The standard InChI is InChI=1S/C15H21N/c1-15(12-16-9-5-2-6-10-16)11-13-7-3-4-8-14(13)15/h3-4,7-8H,2,5-6,9-12H2,1H3.